The number of halogens is 1. The fourth-order valence-corrected chi connectivity index (χ4v) is 3.79. The Morgan fingerprint density at radius 3 is 2.65 bits per heavy atom. The Hall–Kier alpha value is -3.33. The van der Waals surface area contributed by atoms with Gasteiger partial charge in [0.1, 0.15) is 23.4 Å². The van der Waals surface area contributed by atoms with Gasteiger partial charge in [0.25, 0.3) is 0 Å². The molecule has 2 aromatic heterocycles. The van der Waals surface area contributed by atoms with E-state index in [4.69, 9.17) is 9.72 Å². The van der Waals surface area contributed by atoms with Gasteiger partial charge in [0, 0.05) is 38.2 Å². The standard InChI is InChI=1S/C22H25FN6O2/c1-4-17-21(30)27(3)18-14-25-22(26-20(18)28(17)12-13-31-5-2)29-11-10-24-19(29)15-6-8-16(23)9-7-15/h6-11,14,17H,4-5,12-13H2,1-3H3/t17-/m1/s1. The molecule has 0 bridgehead atoms. The van der Waals surface area contributed by atoms with Crippen molar-refractivity contribution in [1.82, 2.24) is 19.5 Å². The van der Waals surface area contributed by atoms with E-state index in [-0.39, 0.29) is 17.8 Å². The van der Waals surface area contributed by atoms with Crippen LogP contribution in [0.5, 0.6) is 0 Å². The van der Waals surface area contributed by atoms with Crippen LogP contribution in [0.3, 0.4) is 0 Å². The minimum absolute atomic E-state index is 0.0116. The number of hydrogen-bond donors (Lipinski definition) is 0. The molecule has 1 atom stereocenters. The molecule has 1 aromatic carbocycles. The molecule has 4 rings (SSSR count). The Morgan fingerprint density at radius 1 is 1.16 bits per heavy atom. The number of ether oxygens (including phenoxy) is 1. The average molecular weight is 424 g/mol. The zero-order valence-electron chi connectivity index (χ0n) is 17.8. The number of nitrogens with zero attached hydrogens (tertiary/aromatic N) is 6. The van der Waals surface area contributed by atoms with E-state index in [1.54, 1.807) is 47.2 Å². The van der Waals surface area contributed by atoms with Crippen LogP contribution < -0.4 is 9.80 Å². The molecule has 0 N–H and O–H groups in total. The summed E-state index contributed by atoms with van der Waals surface area (Å²) in [4.78, 5) is 30.2. The third-order valence-corrected chi connectivity index (χ3v) is 5.39. The smallest absolute Gasteiger partial charge is 0.249 e. The summed E-state index contributed by atoms with van der Waals surface area (Å²) in [5.74, 6) is 1.41. The number of hydrogen-bond acceptors (Lipinski definition) is 6. The summed E-state index contributed by atoms with van der Waals surface area (Å²) in [5, 5.41) is 0. The normalized spacial score (nSPS) is 16.0. The molecule has 8 nitrogen and oxygen atoms in total. The second-order valence-corrected chi connectivity index (χ2v) is 7.22. The number of rotatable bonds is 7. The Kier molecular flexibility index (Phi) is 5.94. The van der Waals surface area contributed by atoms with Crippen molar-refractivity contribution < 1.29 is 13.9 Å². The number of aromatic nitrogens is 4. The summed E-state index contributed by atoms with van der Waals surface area (Å²) in [6.07, 6.45) is 5.72. The quantitative estimate of drug-likeness (QED) is 0.543. The molecule has 3 heterocycles. The highest BCUT2D eigenvalue weighted by molar-refractivity contribution is 6.04. The molecule has 0 radical (unpaired) electrons. The van der Waals surface area contributed by atoms with Gasteiger partial charge < -0.3 is 14.5 Å². The van der Waals surface area contributed by atoms with Gasteiger partial charge in [-0.15, -0.1) is 0 Å². The van der Waals surface area contributed by atoms with E-state index in [0.717, 1.165) is 5.56 Å². The molecule has 0 spiro atoms. The Labute approximate surface area is 180 Å². The number of carbonyl (C=O) groups excluding carboxylic acids is 1. The number of fused-ring (bicyclic) bond motifs is 1. The topological polar surface area (TPSA) is 76.4 Å². The second-order valence-electron chi connectivity index (χ2n) is 7.22. The van der Waals surface area contributed by atoms with Gasteiger partial charge in [-0.1, -0.05) is 6.92 Å². The monoisotopic (exact) mass is 424 g/mol. The van der Waals surface area contributed by atoms with Gasteiger partial charge in [0.05, 0.1) is 12.8 Å². The molecule has 0 unspecified atom stereocenters. The van der Waals surface area contributed by atoms with Crippen LogP contribution in [0.25, 0.3) is 17.3 Å². The molecule has 3 aromatic rings. The van der Waals surface area contributed by atoms with Crippen molar-refractivity contribution in [2.24, 2.45) is 0 Å². The highest BCUT2D eigenvalue weighted by atomic mass is 19.1. The van der Waals surface area contributed by atoms with Crippen LogP contribution in [0.2, 0.25) is 0 Å². The third-order valence-electron chi connectivity index (χ3n) is 5.39. The summed E-state index contributed by atoms with van der Waals surface area (Å²) in [5.41, 5.74) is 1.40. The van der Waals surface area contributed by atoms with E-state index in [2.05, 4.69) is 9.97 Å². The SMILES string of the molecule is CCOCCN1c2nc(-n3ccnc3-c3ccc(F)cc3)ncc2N(C)C(=O)[C@H]1CC. The second kappa shape index (κ2) is 8.81. The van der Waals surface area contributed by atoms with Crippen molar-refractivity contribution in [3.05, 3.63) is 48.7 Å². The molecule has 0 saturated carbocycles. The van der Waals surface area contributed by atoms with E-state index in [1.807, 2.05) is 18.7 Å². The highest BCUT2D eigenvalue weighted by Crippen LogP contribution is 2.34. The predicted octanol–water partition coefficient (Wildman–Crippen LogP) is 3.07. The van der Waals surface area contributed by atoms with Crippen molar-refractivity contribution in [2.45, 2.75) is 26.3 Å². The van der Waals surface area contributed by atoms with Crippen molar-refractivity contribution in [2.75, 3.05) is 36.6 Å². The molecule has 162 valence electrons. The first kappa shape index (κ1) is 20.9. The van der Waals surface area contributed by atoms with Gasteiger partial charge in [-0.3, -0.25) is 9.36 Å². The van der Waals surface area contributed by atoms with E-state index in [1.165, 1.54) is 12.1 Å². The van der Waals surface area contributed by atoms with Crippen molar-refractivity contribution in [3.8, 4) is 17.3 Å². The van der Waals surface area contributed by atoms with Crippen LogP contribution in [-0.4, -0.2) is 58.3 Å². The molecular weight excluding hydrogens is 399 g/mol. The predicted molar refractivity (Wildman–Crippen MR) is 116 cm³/mol. The maximum absolute atomic E-state index is 13.3. The maximum atomic E-state index is 13.3. The van der Waals surface area contributed by atoms with Gasteiger partial charge in [0.15, 0.2) is 5.82 Å². The fourth-order valence-electron chi connectivity index (χ4n) is 3.79. The molecule has 0 fully saturated rings. The van der Waals surface area contributed by atoms with E-state index in [9.17, 15) is 9.18 Å². The maximum Gasteiger partial charge on any atom is 0.249 e. The first-order valence-electron chi connectivity index (χ1n) is 10.3. The molecule has 31 heavy (non-hydrogen) atoms. The zero-order chi connectivity index (χ0) is 22.0. The summed E-state index contributed by atoms with van der Waals surface area (Å²) < 4.78 is 20.6. The Morgan fingerprint density at radius 2 is 1.94 bits per heavy atom. The van der Waals surface area contributed by atoms with Crippen LogP contribution in [0.1, 0.15) is 20.3 Å². The summed E-state index contributed by atoms with van der Waals surface area (Å²) in [7, 11) is 1.74. The Bertz CT molecular complexity index is 1070. The van der Waals surface area contributed by atoms with Crippen molar-refractivity contribution in [3.63, 3.8) is 0 Å². The van der Waals surface area contributed by atoms with Crippen LogP contribution in [0.4, 0.5) is 15.9 Å². The van der Waals surface area contributed by atoms with E-state index in [0.29, 0.717) is 49.5 Å². The fraction of sp³-hybridized carbons (Fsp3) is 0.364. The minimum atomic E-state index is -0.319. The van der Waals surface area contributed by atoms with Crippen LogP contribution in [0, 0.1) is 5.82 Å². The van der Waals surface area contributed by atoms with Crippen LogP contribution >= 0.6 is 0 Å². The first-order chi connectivity index (χ1) is 15.0. The number of likely N-dealkylation sites (N-methyl/N-ethyl adjacent to an activating group) is 1. The number of anilines is 2. The van der Waals surface area contributed by atoms with Gasteiger partial charge >= 0.3 is 0 Å². The van der Waals surface area contributed by atoms with Crippen LogP contribution in [-0.2, 0) is 9.53 Å². The minimum Gasteiger partial charge on any atom is -0.380 e. The van der Waals surface area contributed by atoms with Gasteiger partial charge in [-0.2, -0.15) is 4.98 Å². The molecule has 1 amide bonds. The lowest BCUT2D eigenvalue weighted by molar-refractivity contribution is -0.120. The lowest BCUT2D eigenvalue weighted by Gasteiger charge is -2.40. The lowest BCUT2D eigenvalue weighted by atomic mass is 10.1. The zero-order valence-corrected chi connectivity index (χ0v) is 17.8. The number of benzene rings is 1. The summed E-state index contributed by atoms with van der Waals surface area (Å²) >= 11 is 0. The van der Waals surface area contributed by atoms with Gasteiger partial charge in [-0.05, 0) is 37.6 Å². The molecule has 0 saturated heterocycles. The number of amides is 1. The van der Waals surface area contributed by atoms with E-state index >= 15 is 0 Å². The van der Waals surface area contributed by atoms with Crippen molar-refractivity contribution >= 4 is 17.4 Å². The van der Waals surface area contributed by atoms with Crippen LogP contribution in [0.15, 0.2) is 42.9 Å². The molecule has 9 heteroatoms. The molecule has 0 aliphatic carbocycles. The summed E-state index contributed by atoms with van der Waals surface area (Å²) in [6.45, 7) is 5.57. The van der Waals surface area contributed by atoms with E-state index < -0.39 is 0 Å². The van der Waals surface area contributed by atoms with Gasteiger partial charge in [-0.25, -0.2) is 14.4 Å². The number of imidazole rings is 1. The first-order valence-corrected chi connectivity index (χ1v) is 10.3. The van der Waals surface area contributed by atoms with Crippen molar-refractivity contribution in [1.29, 1.82) is 0 Å². The highest BCUT2D eigenvalue weighted by Gasteiger charge is 2.37. The molecule has 1 aliphatic heterocycles. The van der Waals surface area contributed by atoms with Gasteiger partial charge in [0.2, 0.25) is 11.9 Å². The third kappa shape index (κ3) is 3.88. The molecular formula is C22H25FN6O2. The lowest BCUT2D eigenvalue weighted by Crippen LogP contribution is -2.53. The Balaban J connectivity index is 1.77. The number of carbonyl (C=O) groups is 1. The molecule has 1 aliphatic rings. The largest absolute Gasteiger partial charge is 0.380 e. The average Bonchev–Trinajstić information content (AvgIpc) is 3.27. The summed E-state index contributed by atoms with van der Waals surface area (Å²) in [6, 6.07) is 5.80.